The predicted molar refractivity (Wildman–Crippen MR) is 76.5 cm³/mol. The van der Waals surface area contributed by atoms with Crippen molar-refractivity contribution >= 4 is 10.0 Å². The molecule has 19 heavy (non-hydrogen) atoms. The number of aliphatic hydroxyl groups is 1. The Balaban J connectivity index is 2.90. The van der Waals surface area contributed by atoms with Gasteiger partial charge in [-0.15, -0.1) is 0 Å². The second-order valence-electron chi connectivity index (χ2n) is 6.02. The van der Waals surface area contributed by atoms with Gasteiger partial charge in [-0.25, -0.2) is 12.7 Å². The normalized spacial score (nSPS) is 14.7. The third-order valence-corrected chi connectivity index (χ3v) is 4.96. The zero-order valence-corrected chi connectivity index (χ0v) is 13.0. The summed E-state index contributed by atoms with van der Waals surface area (Å²) in [6.45, 7) is 5.92. The van der Waals surface area contributed by atoms with Crippen LogP contribution in [0.3, 0.4) is 0 Å². The molecule has 0 bridgehead atoms. The van der Waals surface area contributed by atoms with Gasteiger partial charge in [0.1, 0.15) is 0 Å². The molecule has 0 radical (unpaired) electrons. The monoisotopic (exact) mass is 285 g/mol. The summed E-state index contributed by atoms with van der Waals surface area (Å²) in [6, 6.07) is 6.68. The maximum absolute atomic E-state index is 11.9. The molecule has 108 valence electrons. The lowest BCUT2D eigenvalue weighted by atomic mass is 9.85. The molecule has 0 saturated carbocycles. The van der Waals surface area contributed by atoms with Crippen LogP contribution in [0.4, 0.5) is 0 Å². The van der Waals surface area contributed by atoms with E-state index in [1.807, 2.05) is 20.8 Å². The number of hydrogen-bond acceptors (Lipinski definition) is 3. The highest BCUT2D eigenvalue weighted by Gasteiger charge is 2.22. The Morgan fingerprint density at radius 1 is 1.16 bits per heavy atom. The largest absolute Gasteiger partial charge is 0.392 e. The van der Waals surface area contributed by atoms with E-state index < -0.39 is 16.1 Å². The van der Waals surface area contributed by atoms with E-state index in [-0.39, 0.29) is 10.3 Å². The molecule has 0 aliphatic heterocycles. The van der Waals surface area contributed by atoms with Gasteiger partial charge < -0.3 is 5.11 Å². The molecule has 0 aliphatic rings. The number of sulfonamides is 1. The van der Waals surface area contributed by atoms with Gasteiger partial charge in [-0.05, 0) is 29.5 Å². The molecule has 0 aliphatic carbocycles. The molecule has 0 spiro atoms. The summed E-state index contributed by atoms with van der Waals surface area (Å²) in [5, 5.41) is 10.0. The van der Waals surface area contributed by atoms with Crippen molar-refractivity contribution in [3.8, 4) is 0 Å². The van der Waals surface area contributed by atoms with Gasteiger partial charge in [-0.1, -0.05) is 32.9 Å². The van der Waals surface area contributed by atoms with Gasteiger partial charge in [0.05, 0.1) is 11.0 Å². The molecule has 1 rings (SSSR count). The summed E-state index contributed by atoms with van der Waals surface area (Å²) in [7, 11) is -0.367. The molecule has 0 aromatic heterocycles. The van der Waals surface area contributed by atoms with Crippen molar-refractivity contribution in [2.24, 2.45) is 5.41 Å². The maximum Gasteiger partial charge on any atom is 0.242 e. The summed E-state index contributed by atoms with van der Waals surface area (Å²) < 4.78 is 25.0. The molecule has 0 fully saturated rings. The minimum Gasteiger partial charge on any atom is -0.392 e. The smallest absolute Gasteiger partial charge is 0.242 e. The highest BCUT2D eigenvalue weighted by molar-refractivity contribution is 7.89. The minimum atomic E-state index is -3.38. The molecular formula is C14H23NO3S. The summed E-state index contributed by atoms with van der Waals surface area (Å²) >= 11 is 0. The van der Waals surface area contributed by atoms with Crippen LogP contribution in [-0.2, 0) is 16.4 Å². The fourth-order valence-corrected chi connectivity index (χ4v) is 2.44. The van der Waals surface area contributed by atoms with Crippen molar-refractivity contribution in [1.82, 2.24) is 4.31 Å². The fraction of sp³-hybridized carbons (Fsp3) is 0.571. The second kappa shape index (κ2) is 5.61. The Bertz CT molecular complexity index is 513. The van der Waals surface area contributed by atoms with Crippen molar-refractivity contribution in [2.45, 2.75) is 38.2 Å². The summed E-state index contributed by atoms with van der Waals surface area (Å²) in [4.78, 5) is 0.270. The first kappa shape index (κ1) is 16.1. The van der Waals surface area contributed by atoms with Crippen molar-refractivity contribution < 1.29 is 13.5 Å². The van der Waals surface area contributed by atoms with Crippen LogP contribution in [0.1, 0.15) is 26.3 Å². The zero-order valence-electron chi connectivity index (χ0n) is 12.2. The quantitative estimate of drug-likeness (QED) is 0.919. The number of benzene rings is 1. The van der Waals surface area contributed by atoms with Crippen LogP contribution in [-0.4, -0.2) is 38.0 Å². The standard InChI is InChI=1S/C14H23NO3S/c1-14(2,3)13(16)10-11-6-8-12(9-7-11)19(17,18)15(4)5/h6-9,13,16H,10H2,1-5H3. The van der Waals surface area contributed by atoms with Crippen LogP contribution in [0.5, 0.6) is 0 Å². The third-order valence-electron chi connectivity index (χ3n) is 3.13. The Kier molecular flexibility index (Phi) is 4.76. The van der Waals surface area contributed by atoms with E-state index in [1.165, 1.54) is 18.4 Å². The van der Waals surface area contributed by atoms with Gasteiger partial charge in [0.2, 0.25) is 10.0 Å². The van der Waals surface area contributed by atoms with E-state index in [1.54, 1.807) is 24.3 Å². The molecule has 5 heteroatoms. The molecule has 1 aromatic rings. The minimum absolute atomic E-state index is 0.186. The van der Waals surface area contributed by atoms with Crippen LogP contribution in [0.25, 0.3) is 0 Å². The summed E-state index contributed by atoms with van der Waals surface area (Å²) in [5.41, 5.74) is 0.745. The lowest BCUT2D eigenvalue weighted by Crippen LogP contribution is -2.28. The number of aliphatic hydroxyl groups excluding tert-OH is 1. The van der Waals surface area contributed by atoms with E-state index in [0.717, 1.165) is 5.56 Å². The van der Waals surface area contributed by atoms with E-state index in [0.29, 0.717) is 6.42 Å². The van der Waals surface area contributed by atoms with Crippen LogP contribution < -0.4 is 0 Å². The zero-order chi connectivity index (χ0) is 14.8. The molecular weight excluding hydrogens is 262 g/mol. The van der Waals surface area contributed by atoms with Crippen LogP contribution in [0, 0.1) is 5.41 Å². The predicted octanol–water partition coefficient (Wildman–Crippen LogP) is 1.89. The van der Waals surface area contributed by atoms with Crippen molar-refractivity contribution in [3.63, 3.8) is 0 Å². The maximum atomic E-state index is 11.9. The Morgan fingerprint density at radius 3 is 2.00 bits per heavy atom. The lowest BCUT2D eigenvalue weighted by molar-refractivity contribution is 0.0636. The van der Waals surface area contributed by atoms with Crippen molar-refractivity contribution in [3.05, 3.63) is 29.8 Å². The number of rotatable bonds is 4. The topological polar surface area (TPSA) is 57.6 Å². The molecule has 1 atom stereocenters. The first-order valence-corrected chi connectivity index (χ1v) is 7.68. The Hall–Kier alpha value is -0.910. The number of hydrogen-bond donors (Lipinski definition) is 1. The Labute approximate surface area is 116 Å². The van der Waals surface area contributed by atoms with Crippen molar-refractivity contribution in [1.29, 1.82) is 0 Å². The molecule has 1 aromatic carbocycles. The van der Waals surface area contributed by atoms with E-state index in [9.17, 15) is 13.5 Å². The fourth-order valence-electron chi connectivity index (χ4n) is 1.54. The molecule has 0 amide bonds. The third kappa shape index (κ3) is 4.03. The van der Waals surface area contributed by atoms with Gasteiger partial charge in [-0.3, -0.25) is 0 Å². The van der Waals surface area contributed by atoms with Crippen molar-refractivity contribution in [2.75, 3.05) is 14.1 Å². The van der Waals surface area contributed by atoms with Gasteiger partial charge in [0.15, 0.2) is 0 Å². The van der Waals surface area contributed by atoms with E-state index in [2.05, 4.69) is 0 Å². The SMILES string of the molecule is CN(C)S(=O)(=O)c1ccc(CC(O)C(C)(C)C)cc1. The highest BCUT2D eigenvalue weighted by atomic mass is 32.2. The lowest BCUT2D eigenvalue weighted by Gasteiger charge is -2.25. The van der Waals surface area contributed by atoms with Crippen LogP contribution in [0.2, 0.25) is 0 Å². The first-order chi connectivity index (χ1) is 8.55. The van der Waals surface area contributed by atoms with Gasteiger partial charge in [0.25, 0.3) is 0 Å². The number of nitrogens with zero attached hydrogens (tertiary/aromatic N) is 1. The average Bonchev–Trinajstić information content (AvgIpc) is 2.28. The van der Waals surface area contributed by atoms with Crippen LogP contribution in [0.15, 0.2) is 29.2 Å². The van der Waals surface area contributed by atoms with E-state index >= 15 is 0 Å². The average molecular weight is 285 g/mol. The Morgan fingerprint density at radius 2 is 1.63 bits per heavy atom. The summed E-state index contributed by atoms with van der Waals surface area (Å²) in [6.07, 6.45) is 0.0648. The van der Waals surface area contributed by atoms with Gasteiger partial charge >= 0.3 is 0 Å². The molecule has 0 heterocycles. The molecule has 4 nitrogen and oxygen atoms in total. The molecule has 1 unspecified atom stereocenters. The van der Waals surface area contributed by atoms with Crippen LogP contribution >= 0.6 is 0 Å². The van der Waals surface area contributed by atoms with Gasteiger partial charge in [0, 0.05) is 14.1 Å². The summed E-state index contributed by atoms with van der Waals surface area (Å²) in [5.74, 6) is 0. The molecule has 0 saturated heterocycles. The van der Waals surface area contributed by atoms with Gasteiger partial charge in [-0.2, -0.15) is 0 Å². The van der Waals surface area contributed by atoms with E-state index in [4.69, 9.17) is 0 Å². The second-order valence-corrected chi connectivity index (χ2v) is 8.17. The highest BCUT2D eigenvalue weighted by Crippen LogP contribution is 2.23. The first-order valence-electron chi connectivity index (χ1n) is 6.24. The molecule has 1 N–H and O–H groups in total.